The van der Waals surface area contributed by atoms with Crippen molar-refractivity contribution in [1.82, 2.24) is 9.21 Å². The van der Waals surface area contributed by atoms with Crippen LogP contribution in [0.25, 0.3) is 0 Å². The van der Waals surface area contributed by atoms with Crippen LogP contribution < -0.4 is 0 Å². The zero-order valence-electron chi connectivity index (χ0n) is 10.5. The molecule has 0 aliphatic carbocycles. The Bertz CT molecular complexity index is 564. The van der Waals surface area contributed by atoms with E-state index in [-0.39, 0.29) is 16.7 Å². The lowest BCUT2D eigenvalue weighted by Crippen LogP contribution is -2.39. The van der Waals surface area contributed by atoms with Crippen LogP contribution in [0.4, 0.5) is 0 Å². The van der Waals surface area contributed by atoms with Crippen LogP contribution in [0, 0.1) is 0 Å². The topological polar surface area (TPSA) is 57.7 Å². The van der Waals surface area contributed by atoms with E-state index in [1.165, 1.54) is 7.05 Å². The Morgan fingerprint density at radius 1 is 1.42 bits per heavy atom. The first-order valence-electron chi connectivity index (χ1n) is 5.91. The van der Waals surface area contributed by atoms with E-state index in [9.17, 15) is 13.2 Å². The van der Waals surface area contributed by atoms with Gasteiger partial charge in [-0.3, -0.25) is 4.79 Å². The number of thiophene rings is 1. The molecule has 0 atom stereocenters. The highest BCUT2D eigenvalue weighted by atomic mass is 79.9. The summed E-state index contributed by atoms with van der Waals surface area (Å²) >= 11 is 4.38. The number of amides is 1. The van der Waals surface area contributed by atoms with Gasteiger partial charge in [-0.2, -0.15) is 4.31 Å². The Kier molecular flexibility index (Phi) is 4.65. The largest absolute Gasteiger partial charge is 0.342 e. The molecule has 1 aromatic rings. The van der Waals surface area contributed by atoms with Gasteiger partial charge in [0.15, 0.2) is 0 Å². The van der Waals surface area contributed by atoms with E-state index in [1.807, 2.05) is 0 Å². The zero-order valence-corrected chi connectivity index (χ0v) is 13.7. The van der Waals surface area contributed by atoms with E-state index in [1.54, 1.807) is 17.0 Å². The summed E-state index contributed by atoms with van der Waals surface area (Å²) in [5.74, 6) is -0.126. The highest BCUT2D eigenvalue weighted by Crippen LogP contribution is 2.27. The van der Waals surface area contributed by atoms with Crippen LogP contribution in [0.5, 0.6) is 0 Å². The third kappa shape index (κ3) is 3.36. The van der Waals surface area contributed by atoms with E-state index in [4.69, 9.17) is 0 Å². The summed E-state index contributed by atoms with van der Waals surface area (Å²) in [6, 6.07) is 3.23. The van der Waals surface area contributed by atoms with Crippen LogP contribution in [-0.4, -0.2) is 50.2 Å². The maximum Gasteiger partial charge on any atom is 0.252 e. The molecule has 2 rings (SSSR count). The van der Waals surface area contributed by atoms with Crippen molar-refractivity contribution >= 4 is 43.2 Å². The first-order chi connectivity index (χ1) is 8.91. The summed E-state index contributed by atoms with van der Waals surface area (Å²) in [5.41, 5.74) is 0. The van der Waals surface area contributed by atoms with Gasteiger partial charge in [-0.25, -0.2) is 8.42 Å². The molecule has 1 amide bonds. The average Bonchev–Trinajstić information content (AvgIpc) is 2.99. The molecule has 0 saturated carbocycles. The Labute approximate surface area is 125 Å². The highest BCUT2D eigenvalue weighted by molar-refractivity contribution is 9.11. The number of hydrogen-bond acceptors (Lipinski definition) is 4. The average molecular weight is 367 g/mol. The van der Waals surface area contributed by atoms with E-state index in [0.29, 0.717) is 0 Å². The van der Waals surface area contributed by atoms with Gasteiger partial charge in [0.05, 0.1) is 10.3 Å². The van der Waals surface area contributed by atoms with Crippen LogP contribution in [0.2, 0.25) is 0 Å². The molecule has 0 bridgehead atoms. The van der Waals surface area contributed by atoms with Crippen LogP contribution in [0.1, 0.15) is 12.8 Å². The molecule has 0 N–H and O–H groups in total. The molecule has 1 fully saturated rings. The molecule has 0 unspecified atom stereocenters. The molecule has 8 heteroatoms. The Morgan fingerprint density at radius 3 is 2.58 bits per heavy atom. The summed E-state index contributed by atoms with van der Waals surface area (Å²) < 4.78 is 26.6. The van der Waals surface area contributed by atoms with Gasteiger partial charge in [-0.05, 0) is 40.9 Å². The van der Waals surface area contributed by atoms with Gasteiger partial charge in [0.2, 0.25) is 5.91 Å². The third-order valence-electron chi connectivity index (χ3n) is 3.03. The zero-order chi connectivity index (χ0) is 14.0. The van der Waals surface area contributed by atoms with Crippen molar-refractivity contribution in [3.05, 3.63) is 15.9 Å². The van der Waals surface area contributed by atoms with Gasteiger partial charge in [-0.15, -0.1) is 11.3 Å². The molecule has 1 aromatic heterocycles. The van der Waals surface area contributed by atoms with Crippen molar-refractivity contribution < 1.29 is 13.2 Å². The lowest BCUT2D eigenvalue weighted by molar-refractivity contribution is -0.130. The molecule has 1 aliphatic rings. The van der Waals surface area contributed by atoms with Crippen LogP contribution >= 0.6 is 27.3 Å². The summed E-state index contributed by atoms with van der Waals surface area (Å²) in [7, 11) is -2.13. The maximum atomic E-state index is 12.2. The minimum atomic E-state index is -3.57. The first kappa shape index (κ1) is 15.0. The first-order valence-corrected chi connectivity index (χ1v) is 8.95. The molecule has 2 heterocycles. The van der Waals surface area contributed by atoms with Gasteiger partial charge < -0.3 is 4.90 Å². The van der Waals surface area contributed by atoms with E-state index < -0.39 is 10.0 Å². The minimum Gasteiger partial charge on any atom is -0.342 e. The summed E-state index contributed by atoms with van der Waals surface area (Å²) in [5, 5.41) is 0. The second kappa shape index (κ2) is 5.90. The maximum absolute atomic E-state index is 12.2. The van der Waals surface area contributed by atoms with Crippen molar-refractivity contribution in [2.24, 2.45) is 0 Å². The van der Waals surface area contributed by atoms with Crippen molar-refractivity contribution in [1.29, 1.82) is 0 Å². The standard InChI is InChI=1S/C11H15BrN2O3S2/c1-13(8-10(15)14-6-2-3-7-14)19(16,17)11-5-4-9(12)18-11/h4-5H,2-3,6-8H2,1H3. The second-order valence-corrected chi connectivity index (χ2v) is 9.14. The lowest BCUT2D eigenvalue weighted by atomic mass is 10.4. The number of halogens is 1. The van der Waals surface area contributed by atoms with Crippen LogP contribution in [0.3, 0.4) is 0 Å². The van der Waals surface area contributed by atoms with E-state index in [2.05, 4.69) is 15.9 Å². The fourth-order valence-corrected chi connectivity index (χ4v) is 5.27. The van der Waals surface area contributed by atoms with Gasteiger partial charge in [-0.1, -0.05) is 0 Å². The summed E-state index contributed by atoms with van der Waals surface area (Å²) in [6.07, 6.45) is 2.00. The number of rotatable bonds is 4. The second-order valence-electron chi connectivity index (χ2n) is 4.41. The Balaban J connectivity index is 2.06. The quantitative estimate of drug-likeness (QED) is 0.815. The molecule has 19 heavy (non-hydrogen) atoms. The molecule has 1 saturated heterocycles. The van der Waals surface area contributed by atoms with Gasteiger partial charge in [0.1, 0.15) is 4.21 Å². The highest BCUT2D eigenvalue weighted by Gasteiger charge is 2.27. The molecule has 0 spiro atoms. The Morgan fingerprint density at radius 2 is 2.05 bits per heavy atom. The number of carbonyl (C=O) groups excluding carboxylic acids is 1. The summed E-state index contributed by atoms with van der Waals surface area (Å²) in [6.45, 7) is 1.37. The minimum absolute atomic E-state index is 0.0994. The van der Waals surface area contributed by atoms with Crippen molar-refractivity contribution in [2.45, 2.75) is 17.1 Å². The van der Waals surface area contributed by atoms with E-state index >= 15 is 0 Å². The molecule has 1 aliphatic heterocycles. The van der Waals surface area contributed by atoms with Crippen LogP contribution in [-0.2, 0) is 14.8 Å². The molecule has 5 nitrogen and oxygen atoms in total. The molecule has 0 radical (unpaired) electrons. The monoisotopic (exact) mass is 366 g/mol. The normalized spacial score (nSPS) is 16.3. The van der Waals surface area contributed by atoms with Gasteiger partial charge in [0.25, 0.3) is 10.0 Å². The predicted octanol–water partition coefficient (Wildman–Crippen LogP) is 1.75. The van der Waals surface area contributed by atoms with Crippen molar-refractivity contribution in [3.63, 3.8) is 0 Å². The molecular weight excluding hydrogens is 352 g/mol. The molecule has 106 valence electrons. The fraction of sp³-hybridized carbons (Fsp3) is 0.545. The number of likely N-dealkylation sites (tertiary alicyclic amines) is 1. The predicted molar refractivity (Wildman–Crippen MR) is 77.6 cm³/mol. The van der Waals surface area contributed by atoms with E-state index in [0.717, 1.165) is 45.4 Å². The summed E-state index contributed by atoms with van der Waals surface area (Å²) in [4.78, 5) is 13.7. The third-order valence-corrected chi connectivity index (χ3v) is 6.92. The Hall–Kier alpha value is -0.440. The van der Waals surface area contributed by atoms with Gasteiger partial charge in [0, 0.05) is 20.1 Å². The van der Waals surface area contributed by atoms with Gasteiger partial charge >= 0.3 is 0 Å². The van der Waals surface area contributed by atoms with Crippen molar-refractivity contribution in [2.75, 3.05) is 26.7 Å². The number of likely N-dealkylation sites (N-methyl/N-ethyl adjacent to an activating group) is 1. The molecule has 0 aromatic carbocycles. The van der Waals surface area contributed by atoms with Crippen LogP contribution in [0.15, 0.2) is 20.1 Å². The number of nitrogens with zero attached hydrogens (tertiary/aromatic N) is 2. The fourth-order valence-electron chi connectivity index (χ4n) is 1.93. The number of carbonyl (C=O) groups is 1. The number of hydrogen-bond donors (Lipinski definition) is 0. The van der Waals surface area contributed by atoms with Crippen molar-refractivity contribution in [3.8, 4) is 0 Å². The lowest BCUT2D eigenvalue weighted by Gasteiger charge is -2.20. The molecular formula is C11H15BrN2O3S2. The number of sulfonamides is 1. The SMILES string of the molecule is CN(CC(=O)N1CCCC1)S(=O)(=O)c1ccc(Br)s1. The smallest absolute Gasteiger partial charge is 0.252 e.